The molecule has 0 bridgehead atoms. The highest BCUT2D eigenvalue weighted by Gasteiger charge is 2.17. The van der Waals surface area contributed by atoms with Crippen LogP contribution in [0.2, 0.25) is 0 Å². The number of unbranched alkanes of at least 4 members (excludes halogenated alkanes) is 2. The third-order valence-electron chi connectivity index (χ3n) is 5.56. The Kier molecular flexibility index (Phi) is 19.7. The molecule has 3 N–H and O–H groups in total. The molecule has 0 aliphatic carbocycles. The zero-order chi connectivity index (χ0) is 29.8. The molecule has 1 heterocycles. The number of aromatic nitrogens is 1. The number of methoxy groups -OCH3 is 1. The van der Waals surface area contributed by atoms with Gasteiger partial charge < -0.3 is 20.7 Å². The van der Waals surface area contributed by atoms with Crippen LogP contribution in [0.25, 0.3) is 0 Å². The van der Waals surface area contributed by atoms with E-state index in [1.807, 2.05) is 0 Å². The first-order valence-corrected chi connectivity index (χ1v) is 14.7. The van der Waals surface area contributed by atoms with Crippen LogP contribution in [0.15, 0.2) is 29.9 Å². The van der Waals surface area contributed by atoms with Gasteiger partial charge in [0.05, 0.1) is 17.8 Å². The molecule has 1 rings (SSSR count). The smallest absolute Gasteiger partial charge is 0.353 e. The predicted octanol–water partition coefficient (Wildman–Crippen LogP) is 5.25. The van der Waals surface area contributed by atoms with Gasteiger partial charge in [0.2, 0.25) is 5.91 Å². The number of carbonyl (C=O) groups is 4. The van der Waals surface area contributed by atoms with Gasteiger partial charge in [-0.2, -0.15) is 0 Å². The Bertz CT molecular complexity index is 948. The molecule has 0 aromatic carbocycles. The van der Waals surface area contributed by atoms with Crippen LogP contribution in [-0.2, 0) is 19.1 Å². The lowest BCUT2D eigenvalue weighted by Crippen LogP contribution is -2.35. The number of thiazole rings is 1. The minimum absolute atomic E-state index is 0.188. The number of carbonyl (C=O) groups excluding carboxylic acids is 4. The Balaban J connectivity index is 0.000000742. The zero-order valence-electron chi connectivity index (χ0n) is 24.0. The van der Waals surface area contributed by atoms with Crippen LogP contribution in [0.5, 0.6) is 0 Å². The van der Waals surface area contributed by atoms with Crippen molar-refractivity contribution >= 4 is 46.6 Å². The van der Waals surface area contributed by atoms with Gasteiger partial charge in [0, 0.05) is 24.2 Å². The summed E-state index contributed by atoms with van der Waals surface area (Å²) >= 11 is 6.92. The van der Waals surface area contributed by atoms with E-state index in [0.717, 1.165) is 43.8 Å². The fourth-order valence-electron chi connectivity index (χ4n) is 3.34. The minimum Gasteiger partial charge on any atom is -0.464 e. The lowest BCUT2D eigenvalue weighted by molar-refractivity contribution is -0.137. The topological polar surface area (TPSA) is 126 Å². The van der Waals surface area contributed by atoms with Crippen LogP contribution in [0.3, 0.4) is 0 Å². The highest BCUT2D eigenvalue weighted by Crippen LogP contribution is 2.16. The van der Waals surface area contributed by atoms with Crippen molar-refractivity contribution in [1.29, 1.82) is 0 Å². The van der Waals surface area contributed by atoms with Crippen LogP contribution in [0, 0.1) is 18.8 Å². The number of alkyl halides is 1. The van der Waals surface area contributed by atoms with Crippen molar-refractivity contribution in [2.45, 2.75) is 79.1 Å². The summed E-state index contributed by atoms with van der Waals surface area (Å²) in [4.78, 5) is 50.1. The molecule has 1 unspecified atom stereocenters. The summed E-state index contributed by atoms with van der Waals surface area (Å²) in [6.45, 7) is 16.1. The predicted molar refractivity (Wildman–Crippen MR) is 157 cm³/mol. The van der Waals surface area contributed by atoms with Crippen molar-refractivity contribution in [2.75, 3.05) is 19.5 Å². The van der Waals surface area contributed by atoms with Gasteiger partial charge in [-0.1, -0.05) is 53.2 Å². The maximum atomic E-state index is 11.7. The van der Waals surface area contributed by atoms with Gasteiger partial charge in [0.25, 0.3) is 11.8 Å². The molecule has 1 aromatic heterocycles. The first-order valence-electron chi connectivity index (χ1n) is 13.3. The second-order valence-electron chi connectivity index (χ2n) is 9.54. The van der Waals surface area contributed by atoms with Crippen LogP contribution >= 0.6 is 22.9 Å². The van der Waals surface area contributed by atoms with Gasteiger partial charge in [0.15, 0.2) is 0 Å². The van der Waals surface area contributed by atoms with E-state index in [4.69, 9.17) is 11.6 Å². The Labute approximate surface area is 242 Å². The van der Waals surface area contributed by atoms with Gasteiger partial charge in [0.1, 0.15) is 11.4 Å². The number of nitrogens with one attached hydrogen (secondary N) is 3. The fourth-order valence-corrected chi connectivity index (χ4v) is 4.12. The first kappa shape index (κ1) is 36.3. The largest absolute Gasteiger partial charge is 0.464 e. The Morgan fingerprint density at radius 3 is 2.28 bits per heavy atom. The Morgan fingerprint density at radius 1 is 1.05 bits per heavy atom. The lowest BCUT2D eigenvalue weighted by atomic mass is 9.94. The fraction of sp³-hybridized carbons (Fsp3) is 0.607. The molecule has 11 heteroatoms. The molecule has 220 valence electrons. The quantitative estimate of drug-likeness (QED) is 0.0993. The van der Waals surface area contributed by atoms with E-state index >= 15 is 0 Å². The van der Waals surface area contributed by atoms with Crippen molar-refractivity contribution in [2.24, 2.45) is 11.8 Å². The maximum Gasteiger partial charge on any atom is 0.353 e. The van der Waals surface area contributed by atoms with E-state index < -0.39 is 17.8 Å². The molecule has 1 aromatic rings. The molecular formula is C28H45ClN4O5S. The van der Waals surface area contributed by atoms with Crippen LogP contribution < -0.4 is 16.0 Å². The summed E-state index contributed by atoms with van der Waals surface area (Å²) in [7, 11) is 1.15. The Morgan fingerprint density at radius 2 is 1.74 bits per heavy atom. The van der Waals surface area contributed by atoms with Gasteiger partial charge >= 0.3 is 5.97 Å². The van der Waals surface area contributed by atoms with Crippen molar-refractivity contribution in [3.05, 3.63) is 40.6 Å². The van der Waals surface area contributed by atoms with Crippen LogP contribution in [-0.4, -0.2) is 48.2 Å². The number of amides is 3. The number of hydrogen-bond donors (Lipinski definition) is 3. The summed E-state index contributed by atoms with van der Waals surface area (Å²) in [6.07, 6.45) is 8.61. The van der Waals surface area contributed by atoms with Gasteiger partial charge in [-0.15, -0.1) is 22.9 Å². The molecule has 39 heavy (non-hydrogen) atoms. The number of hydrogen-bond acceptors (Lipinski definition) is 7. The molecule has 1 atom stereocenters. The SMILES string of the molecule is C=C(NC(=O)c1csc(C)n1)C(=O)NC(=C)C(=O)OC.CCCC(CCC(C)C)CNC(=O)CCCCCCl. The third-order valence-corrected chi connectivity index (χ3v) is 6.60. The molecular weight excluding hydrogens is 540 g/mol. The van der Waals surface area contributed by atoms with Gasteiger partial charge in [-0.25, -0.2) is 9.78 Å². The van der Waals surface area contributed by atoms with Crippen molar-refractivity contribution in [3.8, 4) is 0 Å². The van der Waals surface area contributed by atoms with E-state index in [0.29, 0.717) is 18.2 Å². The van der Waals surface area contributed by atoms with E-state index in [-0.39, 0.29) is 23.0 Å². The summed E-state index contributed by atoms with van der Waals surface area (Å²) in [5.41, 5.74) is -0.295. The molecule has 0 spiro atoms. The van der Waals surface area contributed by atoms with Crippen molar-refractivity contribution < 1.29 is 23.9 Å². The molecule has 0 saturated heterocycles. The standard InChI is InChI=1S/C16H32ClNO.C12H13N3O4S/c1-4-8-15(11-10-14(2)3)13-18-16(19)9-6-5-7-12-17;1-6(10(16)14-7(2)12(18)19-4)13-11(17)9-5-20-8(3)15-9/h14-15H,4-13H2,1-3H3,(H,18,19);5H,1-2H2,3-4H3,(H,13,17)(H,14,16). The second kappa shape index (κ2) is 21.1. The lowest BCUT2D eigenvalue weighted by Gasteiger charge is -2.18. The van der Waals surface area contributed by atoms with Crippen LogP contribution in [0.1, 0.15) is 87.6 Å². The molecule has 3 amide bonds. The average Bonchev–Trinajstić information content (AvgIpc) is 3.34. The first-order chi connectivity index (χ1) is 18.4. The average molecular weight is 585 g/mol. The number of nitrogens with zero attached hydrogens (tertiary/aromatic N) is 1. The van der Waals surface area contributed by atoms with Crippen LogP contribution in [0.4, 0.5) is 0 Å². The van der Waals surface area contributed by atoms with Gasteiger partial charge in [-0.3, -0.25) is 14.4 Å². The van der Waals surface area contributed by atoms with E-state index in [1.54, 1.807) is 12.3 Å². The molecule has 0 fully saturated rings. The Hall–Kier alpha value is -2.72. The monoisotopic (exact) mass is 584 g/mol. The van der Waals surface area contributed by atoms with Crippen molar-refractivity contribution in [1.82, 2.24) is 20.9 Å². The molecule has 0 saturated carbocycles. The van der Waals surface area contributed by atoms with Crippen molar-refractivity contribution in [3.63, 3.8) is 0 Å². The number of aryl methyl sites for hydroxylation is 1. The van der Waals surface area contributed by atoms with E-state index in [9.17, 15) is 19.2 Å². The van der Waals surface area contributed by atoms with E-state index in [1.165, 1.54) is 37.0 Å². The highest BCUT2D eigenvalue weighted by molar-refractivity contribution is 7.09. The summed E-state index contributed by atoms with van der Waals surface area (Å²) < 4.78 is 4.37. The minimum atomic E-state index is -0.785. The molecule has 0 aliphatic heterocycles. The summed E-state index contributed by atoms with van der Waals surface area (Å²) in [5.74, 6) is 0.214. The number of ether oxygens (including phenoxy) is 1. The number of rotatable bonds is 17. The third kappa shape index (κ3) is 17.5. The highest BCUT2D eigenvalue weighted by atomic mass is 35.5. The number of esters is 1. The number of halogens is 1. The molecule has 0 aliphatic rings. The van der Waals surface area contributed by atoms with E-state index in [2.05, 4.69) is 59.6 Å². The zero-order valence-corrected chi connectivity index (χ0v) is 25.6. The summed E-state index contributed by atoms with van der Waals surface area (Å²) in [5, 5.41) is 9.81. The maximum absolute atomic E-state index is 11.7. The molecule has 9 nitrogen and oxygen atoms in total. The second-order valence-corrected chi connectivity index (χ2v) is 11.0. The van der Waals surface area contributed by atoms with Gasteiger partial charge in [-0.05, 0) is 44.4 Å². The normalized spacial score (nSPS) is 11.1. The molecule has 0 radical (unpaired) electrons. The summed E-state index contributed by atoms with van der Waals surface area (Å²) in [6, 6.07) is 0.